The largest absolute Gasteiger partial charge is 0.480 e. The summed E-state index contributed by atoms with van der Waals surface area (Å²) >= 11 is 0. The third-order valence-corrected chi connectivity index (χ3v) is 4.46. The number of rotatable bonds is 8. The van der Waals surface area contributed by atoms with E-state index in [4.69, 9.17) is 4.74 Å². The van der Waals surface area contributed by atoms with Gasteiger partial charge in [-0.05, 0) is 19.4 Å². The monoisotopic (exact) mass is 382 g/mol. The molecule has 2 atom stereocenters. The lowest BCUT2D eigenvalue weighted by molar-refractivity contribution is -0.151. The van der Waals surface area contributed by atoms with Crippen LogP contribution in [0.15, 0.2) is 35.5 Å². The van der Waals surface area contributed by atoms with Gasteiger partial charge in [-0.25, -0.2) is 14.4 Å². The van der Waals surface area contributed by atoms with Gasteiger partial charge < -0.3 is 25.2 Å². The van der Waals surface area contributed by atoms with Crippen LogP contribution in [0.3, 0.4) is 0 Å². The molecule has 0 radical (unpaired) electrons. The lowest BCUT2D eigenvalue weighted by atomic mass is 9.61. The summed E-state index contributed by atoms with van der Waals surface area (Å²) in [6.45, 7) is 4.72. The molecule has 0 aromatic carbocycles. The summed E-state index contributed by atoms with van der Waals surface area (Å²) in [4.78, 5) is 58.2. The minimum absolute atomic E-state index is 0.209. The number of hydrogen-bond acceptors (Lipinski definition) is 6. The summed E-state index contributed by atoms with van der Waals surface area (Å²) in [6.07, 6.45) is 1.42. The molecule has 0 saturated heterocycles. The summed E-state index contributed by atoms with van der Waals surface area (Å²) in [7, 11) is 0. The molecule has 0 heterocycles. The van der Waals surface area contributed by atoms with Gasteiger partial charge in [-0.15, -0.1) is 0 Å². The second-order valence-corrected chi connectivity index (χ2v) is 6.09. The number of ether oxygens (including phenoxy) is 1. The van der Waals surface area contributed by atoms with Crippen LogP contribution in [0.2, 0.25) is 0 Å². The zero-order chi connectivity index (χ0) is 21.2. The van der Waals surface area contributed by atoms with Crippen molar-refractivity contribution in [2.24, 2.45) is 10.8 Å². The zero-order valence-electron chi connectivity index (χ0n) is 14.5. The van der Waals surface area contributed by atoms with E-state index in [1.807, 2.05) is 0 Å². The van der Waals surface area contributed by atoms with Crippen LogP contribution >= 0.6 is 0 Å². The van der Waals surface area contributed by atoms with Gasteiger partial charge in [-0.2, -0.15) is 0 Å². The Bertz CT molecular complexity index is 803. The van der Waals surface area contributed by atoms with Crippen LogP contribution in [0.4, 0.5) is 0 Å². The van der Waals surface area contributed by atoms with E-state index in [-0.39, 0.29) is 18.6 Å². The second kappa shape index (κ2) is 7.44. The smallest absolute Gasteiger partial charge is 0.333 e. The van der Waals surface area contributed by atoms with E-state index in [2.05, 4.69) is 6.58 Å². The van der Waals surface area contributed by atoms with Crippen molar-refractivity contribution in [1.82, 2.24) is 0 Å². The van der Waals surface area contributed by atoms with Gasteiger partial charge in [0, 0.05) is 12.5 Å². The predicted molar refractivity (Wildman–Crippen MR) is 87.6 cm³/mol. The molecule has 0 spiro atoms. The number of aliphatic carboxylic acids is 4. The highest BCUT2D eigenvalue weighted by Gasteiger charge is 2.56. The van der Waals surface area contributed by atoms with Crippen LogP contribution in [-0.2, 0) is 28.7 Å². The van der Waals surface area contributed by atoms with E-state index in [1.165, 1.54) is 0 Å². The zero-order valence-corrected chi connectivity index (χ0v) is 14.5. The lowest BCUT2D eigenvalue weighted by Crippen LogP contribution is -2.46. The maximum absolute atomic E-state index is 11.9. The SMILES string of the molecule is C=CC(=O)OCCC1=CC(C)(C(=O)O)C(C(=O)O)=C(C(=O)O)C1(C)C(=O)O. The van der Waals surface area contributed by atoms with Gasteiger partial charge in [-0.3, -0.25) is 9.59 Å². The molecule has 1 aliphatic carbocycles. The maximum Gasteiger partial charge on any atom is 0.333 e. The fourth-order valence-electron chi connectivity index (χ4n) is 2.94. The fourth-order valence-corrected chi connectivity index (χ4v) is 2.94. The Labute approximate surface area is 153 Å². The highest BCUT2D eigenvalue weighted by molar-refractivity contribution is 6.10. The first-order valence-electron chi connectivity index (χ1n) is 7.54. The van der Waals surface area contributed by atoms with Crippen molar-refractivity contribution < 1.29 is 49.1 Å². The van der Waals surface area contributed by atoms with Crippen molar-refractivity contribution in [3.63, 3.8) is 0 Å². The predicted octanol–water partition coefficient (Wildman–Crippen LogP) is 0.693. The molecule has 0 amide bonds. The van der Waals surface area contributed by atoms with Crippen LogP contribution in [0.5, 0.6) is 0 Å². The summed E-state index contributed by atoms with van der Waals surface area (Å²) in [5.41, 5.74) is -6.97. The average molecular weight is 382 g/mol. The molecule has 10 heteroatoms. The Morgan fingerprint density at radius 1 is 1.00 bits per heavy atom. The normalized spacial score (nSPS) is 24.6. The molecule has 0 aliphatic heterocycles. The van der Waals surface area contributed by atoms with E-state index in [1.54, 1.807) is 0 Å². The molecule has 0 saturated carbocycles. The van der Waals surface area contributed by atoms with Crippen LogP contribution in [0.25, 0.3) is 0 Å². The highest BCUT2D eigenvalue weighted by atomic mass is 16.5. The third kappa shape index (κ3) is 3.59. The van der Waals surface area contributed by atoms with Crippen LogP contribution in [-0.4, -0.2) is 56.9 Å². The number of carboxylic acids is 4. The van der Waals surface area contributed by atoms with Crippen molar-refractivity contribution in [2.45, 2.75) is 20.3 Å². The minimum atomic E-state index is -2.34. The summed E-state index contributed by atoms with van der Waals surface area (Å²) < 4.78 is 4.75. The van der Waals surface area contributed by atoms with Gasteiger partial charge in [-0.1, -0.05) is 12.7 Å². The second-order valence-electron chi connectivity index (χ2n) is 6.09. The number of carboxylic acid groups (broad SMARTS) is 4. The standard InChI is InChI=1S/C17H18O10/c1-4-9(18)27-6-5-8-7-16(2,14(23)24)10(12(19)20)11(13(21)22)17(8,3)15(25)26/h4,7H,1,5-6H2,2-3H3,(H,19,20)(H,21,22)(H,23,24)(H,25,26). The molecule has 1 rings (SSSR count). The highest BCUT2D eigenvalue weighted by Crippen LogP contribution is 2.50. The summed E-state index contributed by atoms with van der Waals surface area (Å²) in [5, 5.41) is 38.1. The average Bonchev–Trinajstić information content (AvgIpc) is 2.55. The van der Waals surface area contributed by atoms with E-state index in [9.17, 15) is 44.4 Å². The van der Waals surface area contributed by atoms with Crippen molar-refractivity contribution in [1.29, 1.82) is 0 Å². The minimum Gasteiger partial charge on any atom is -0.480 e. The molecule has 4 N–H and O–H groups in total. The van der Waals surface area contributed by atoms with Crippen LogP contribution in [0.1, 0.15) is 20.3 Å². The van der Waals surface area contributed by atoms with Crippen molar-refractivity contribution in [3.05, 3.63) is 35.5 Å². The fraction of sp³-hybridized carbons (Fsp3) is 0.353. The molecule has 27 heavy (non-hydrogen) atoms. The molecule has 146 valence electrons. The van der Waals surface area contributed by atoms with Crippen LogP contribution < -0.4 is 0 Å². The molecular formula is C17H18O10. The first kappa shape index (κ1) is 21.6. The van der Waals surface area contributed by atoms with Crippen molar-refractivity contribution in [2.75, 3.05) is 6.61 Å². The number of hydrogen-bond donors (Lipinski definition) is 4. The number of carbonyl (C=O) groups excluding carboxylic acids is 1. The molecule has 2 unspecified atom stereocenters. The topological polar surface area (TPSA) is 176 Å². The van der Waals surface area contributed by atoms with Gasteiger partial charge in [0.2, 0.25) is 0 Å². The molecular weight excluding hydrogens is 364 g/mol. The number of esters is 1. The molecule has 0 aromatic rings. The Hall–Kier alpha value is -3.43. The number of carbonyl (C=O) groups is 5. The molecule has 0 aromatic heterocycles. The molecule has 0 fully saturated rings. The third-order valence-electron chi connectivity index (χ3n) is 4.46. The van der Waals surface area contributed by atoms with Gasteiger partial charge in [0.1, 0.15) is 10.8 Å². The Kier molecular flexibility index (Phi) is 5.96. The van der Waals surface area contributed by atoms with Gasteiger partial charge >= 0.3 is 29.8 Å². The molecule has 1 aliphatic rings. The quantitative estimate of drug-likeness (QED) is 0.265. The Balaban J connectivity index is 3.71. The van der Waals surface area contributed by atoms with Crippen LogP contribution in [0, 0.1) is 10.8 Å². The van der Waals surface area contributed by atoms with E-state index in [0.29, 0.717) is 0 Å². The van der Waals surface area contributed by atoms with Crippen molar-refractivity contribution >= 4 is 29.8 Å². The molecule has 0 bridgehead atoms. The maximum atomic E-state index is 11.9. The Morgan fingerprint density at radius 3 is 1.89 bits per heavy atom. The van der Waals surface area contributed by atoms with Gasteiger partial charge in [0.25, 0.3) is 0 Å². The van der Waals surface area contributed by atoms with E-state index in [0.717, 1.165) is 26.0 Å². The first-order valence-corrected chi connectivity index (χ1v) is 7.54. The lowest BCUT2D eigenvalue weighted by Gasteiger charge is -2.39. The molecule has 10 nitrogen and oxygen atoms in total. The Morgan fingerprint density at radius 2 is 1.52 bits per heavy atom. The van der Waals surface area contributed by atoms with E-state index >= 15 is 0 Å². The first-order chi connectivity index (χ1) is 12.3. The van der Waals surface area contributed by atoms with E-state index < -0.39 is 51.8 Å². The van der Waals surface area contributed by atoms with Gasteiger partial charge in [0.15, 0.2) is 0 Å². The summed E-state index contributed by atoms with van der Waals surface area (Å²) in [6, 6.07) is 0. The van der Waals surface area contributed by atoms with Gasteiger partial charge in [0.05, 0.1) is 17.8 Å². The van der Waals surface area contributed by atoms with Crippen molar-refractivity contribution in [3.8, 4) is 0 Å². The summed E-state index contributed by atoms with van der Waals surface area (Å²) in [5.74, 6) is -7.92.